The molecule has 114 valence electrons. The molecule has 1 N–H and O–H groups in total. The zero-order valence-electron chi connectivity index (χ0n) is 11.9. The summed E-state index contributed by atoms with van der Waals surface area (Å²) in [5, 5.41) is 4.84. The predicted molar refractivity (Wildman–Crippen MR) is 87.4 cm³/mol. The number of hydrazone groups is 1. The van der Waals surface area contributed by atoms with Crippen LogP contribution < -0.4 is 10.3 Å². The molecule has 0 unspecified atom stereocenters. The van der Waals surface area contributed by atoms with Gasteiger partial charge in [-0.15, -0.1) is 0 Å². The molecule has 0 spiro atoms. The normalized spacial score (nSPS) is 15.2. The largest absolute Gasteiger partial charge is 0.378 e. The van der Waals surface area contributed by atoms with Crippen molar-refractivity contribution in [2.24, 2.45) is 5.10 Å². The molecule has 1 aliphatic heterocycles. The molecule has 3 rings (SSSR count). The molecule has 2 aromatic rings. The van der Waals surface area contributed by atoms with E-state index in [0.717, 1.165) is 47.6 Å². The number of hydrogen-bond donors (Lipinski definition) is 1. The molecule has 22 heavy (non-hydrogen) atoms. The summed E-state index contributed by atoms with van der Waals surface area (Å²) in [7, 11) is 0. The van der Waals surface area contributed by atoms with Gasteiger partial charge >= 0.3 is 0 Å². The summed E-state index contributed by atoms with van der Waals surface area (Å²) in [6.45, 7) is 3.11. The SMILES string of the molecule is O=CNN=Cc1sc(N2CCOCC2)nc1-c1ccccc1. The molecule has 6 nitrogen and oxygen atoms in total. The maximum absolute atomic E-state index is 10.3. The van der Waals surface area contributed by atoms with Crippen LogP contribution in [0.4, 0.5) is 5.13 Å². The maximum atomic E-state index is 10.3. The number of thiazole rings is 1. The quantitative estimate of drug-likeness (QED) is 0.518. The van der Waals surface area contributed by atoms with E-state index in [-0.39, 0.29) is 0 Å². The fraction of sp³-hybridized carbons (Fsp3) is 0.267. The van der Waals surface area contributed by atoms with Crippen molar-refractivity contribution in [3.63, 3.8) is 0 Å². The molecule has 7 heteroatoms. The smallest absolute Gasteiger partial charge is 0.227 e. The lowest BCUT2D eigenvalue weighted by Crippen LogP contribution is -2.36. The number of carbonyl (C=O) groups is 1. The minimum Gasteiger partial charge on any atom is -0.378 e. The van der Waals surface area contributed by atoms with Crippen LogP contribution in [0.3, 0.4) is 0 Å². The van der Waals surface area contributed by atoms with Gasteiger partial charge in [-0.25, -0.2) is 10.4 Å². The first-order chi connectivity index (χ1) is 10.9. The van der Waals surface area contributed by atoms with Crippen molar-refractivity contribution >= 4 is 29.1 Å². The predicted octanol–water partition coefficient (Wildman–Crippen LogP) is 1.73. The van der Waals surface area contributed by atoms with E-state index in [9.17, 15) is 4.79 Å². The first kappa shape index (κ1) is 14.7. The molecular formula is C15H16N4O2S. The number of morpholine rings is 1. The molecular weight excluding hydrogens is 300 g/mol. The number of ether oxygens (including phenoxy) is 1. The van der Waals surface area contributed by atoms with Crippen LogP contribution in [0.25, 0.3) is 11.3 Å². The fourth-order valence-corrected chi connectivity index (χ4v) is 3.24. The van der Waals surface area contributed by atoms with Crippen LogP contribution >= 0.6 is 11.3 Å². The third kappa shape index (κ3) is 3.32. The Morgan fingerprint density at radius 3 is 2.77 bits per heavy atom. The van der Waals surface area contributed by atoms with Gasteiger partial charge in [0.05, 0.1) is 30.0 Å². The Labute approximate surface area is 132 Å². The highest BCUT2D eigenvalue weighted by Gasteiger charge is 2.18. The van der Waals surface area contributed by atoms with Crippen LogP contribution in [0.15, 0.2) is 35.4 Å². The van der Waals surface area contributed by atoms with Gasteiger partial charge in [0, 0.05) is 18.7 Å². The van der Waals surface area contributed by atoms with Gasteiger partial charge in [0.1, 0.15) is 0 Å². The summed E-state index contributed by atoms with van der Waals surface area (Å²) in [6.07, 6.45) is 2.18. The van der Waals surface area contributed by atoms with Crippen LogP contribution in [0.1, 0.15) is 4.88 Å². The van der Waals surface area contributed by atoms with Crippen molar-refractivity contribution < 1.29 is 9.53 Å². The maximum Gasteiger partial charge on any atom is 0.227 e. The van der Waals surface area contributed by atoms with E-state index in [1.54, 1.807) is 17.6 Å². The molecule has 0 atom stereocenters. The molecule has 2 heterocycles. The van der Waals surface area contributed by atoms with E-state index < -0.39 is 0 Å². The minimum absolute atomic E-state index is 0.544. The summed E-state index contributed by atoms with van der Waals surface area (Å²) in [6, 6.07) is 9.97. The highest BCUT2D eigenvalue weighted by molar-refractivity contribution is 7.17. The molecule has 1 aromatic carbocycles. The van der Waals surface area contributed by atoms with Crippen LogP contribution in [0.2, 0.25) is 0 Å². The van der Waals surface area contributed by atoms with E-state index in [2.05, 4.69) is 15.4 Å². The van der Waals surface area contributed by atoms with Gasteiger partial charge in [0.2, 0.25) is 6.41 Å². The molecule has 1 saturated heterocycles. The summed E-state index contributed by atoms with van der Waals surface area (Å²) in [4.78, 5) is 18.2. The summed E-state index contributed by atoms with van der Waals surface area (Å²) in [5.74, 6) is 0. The van der Waals surface area contributed by atoms with E-state index >= 15 is 0 Å². The summed E-state index contributed by atoms with van der Waals surface area (Å²) >= 11 is 1.57. The second-order valence-electron chi connectivity index (χ2n) is 4.68. The summed E-state index contributed by atoms with van der Waals surface area (Å²) in [5.41, 5.74) is 4.21. The molecule has 1 amide bonds. The number of amides is 1. The number of nitrogens with one attached hydrogen (secondary N) is 1. The molecule has 0 aliphatic carbocycles. The first-order valence-electron chi connectivity index (χ1n) is 6.99. The lowest BCUT2D eigenvalue weighted by atomic mass is 10.1. The molecule has 0 radical (unpaired) electrons. The van der Waals surface area contributed by atoms with E-state index in [4.69, 9.17) is 9.72 Å². The molecule has 1 aromatic heterocycles. The second kappa shape index (κ2) is 7.15. The second-order valence-corrected chi connectivity index (χ2v) is 5.69. The third-order valence-electron chi connectivity index (χ3n) is 3.28. The monoisotopic (exact) mass is 316 g/mol. The van der Waals surface area contributed by atoms with Crippen molar-refractivity contribution in [1.29, 1.82) is 0 Å². The van der Waals surface area contributed by atoms with Gasteiger partial charge in [-0.3, -0.25) is 4.79 Å². The van der Waals surface area contributed by atoms with Gasteiger partial charge in [0.25, 0.3) is 0 Å². The average molecular weight is 316 g/mol. The van der Waals surface area contributed by atoms with Crippen molar-refractivity contribution in [2.45, 2.75) is 0 Å². The zero-order chi connectivity index (χ0) is 15.2. The Morgan fingerprint density at radius 2 is 2.05 bits per heavy atom. The number of carbonyl (C=O) groups excluding carboxylic acids is 1. The van der Waals surface area contributed by atoms with E-state index in [0.29, 0.717) is 6.41 Å². The van der Waals surface area contributed by atoms with Crippen molar-refractivity contribution in [3.05, 3.63) is 35.2 Å². The Morgan fingerprint density at radius 1 is 1.27 bits per heavy atom. The molecule has 1 fully saturated rings. The molecule has 1 aliphatic rings. The number of benzene rings is 1. The van der Waals surface area contributed by atoms with E-state index in [1.165, 1.54) is 0 Å². The highest BCUT2D eigenvalue weighted by atomic mass is 32.1. The van der Waals surface area contributed by atoms with E-state index in [1.807, 2.05) is 30.3 Å². The molecule has 0 bridgehead atoms. The minimum atomic E-state index is 0.544. The zero-order valence-corrected chi connectivity index (χ0v) is 12.8. The van der Waals surface area contributed by atoms with Gasteiger partial charge < -0.3 is 9.64 Å². The van der Waals surface area contributed by atoms with Gasteiger partial charge in [-0.05, 0) is 0 Å². The van der Waals surface area contributed by atoms with Crippen molar-refractivity contribution in [2.75, 3.05) is 31.2 Å². The van der Waals surface area contributed by atoms with Crippen LogP contribution in [-0.2, 0) is 9.53 Å². The standard InChI is InChI=1S/C15H16N4O2S/c20-11-17-16-10-13-14(12-4-2-1-3-5-12)18-15(22-13)19-6-8-21-9-7-19/h1-5,10-11H,6-9H2,(H,17,20). The highest BCUT2D eigenvalue weighted by Crippen LogP contribution is 2.32. The Hall–Kier alpha value is -2.25. The third-order valence-corrected chi connectivity index (χ3v) is 4.33. The van der Waals surface area contributed by atoms with Gasteiger partial charge in [0.15, 0.2) is 5.13 Å². The van der Waals surface area contributed by atoms with Crippen LogP contribution in [0.5, 0.6) is 0 Å². The number of rotatable bonds is 5. The average Bonchev–Trinajstić information content (AvgIpc) is 3.01. The number of aromatic nitrogens is 1. The van der Waals surface area contributed by atoms with Crippen molar-refractivity contribution in [3.8, 4) is 11.3 Å². The first-order valence-corrected chi connectivity index (χ1v) is 7.81. The van der Waals surface area contributed by atoms with Gasteiger partial charge in [-0.1, -0.05) is 41.7 Å². The lowest BCUT2D eigenvalue weighted by molar-refractivity contribution is -0.109. The van der Waals surface area contributed by atoms with Gasteiger partial charge in [-0.2, -0.15) is 5.10 Å². The lowest BCUT2D eigenvalue weighted by Gasteiger charge is -2.26. The van der Waals surface area contributed by atoms with Crippen LogP contribution in [0, 0.1) is 0 Å². The summed E-state index contributed by atoms with van der Waals surface area (Å²) < 4.78 is 5.38. The van der Waals surface area contributed by atoms with Crippen LogP contribution in [-0.4, -0.2) is 43.9 Å². The molecule has 0 saturated carbocycles. The number of hydrogen-bond acceptors (Lipinski definition) is 6. The number of nitrogens with zero attached hydrogens (tertiary/aromatic N) is 3. The Balaban J connectivity index is 1.94. The topological polar surface area (TPSA) is 66.8 Å². The number of anilines is 1. The fourth-order valence-electron chi connectivity index (χ4n) is 2.23. The Kier molecular flexibility index (Phi) is 4.77. The Bertz CT molecular complexity index is 651. The van der Waals surface area contributed by atoms with Crippen molar-refractivity contribution in [1.82, 2.24) is 10.4 Å².